The zero-order valence-corrected chi connectivity index (χ0v) is 16.3. The Hall–Kier alpha value is -3.06. The normalized spacial score (nSPS) is 12.5. The average molecular weight is 393 g/mol. The molecule has 0 aliphatic rings. The van der Waals surface area contributed by atoms with Gasteiger partial charge in [0.2, 0.25) is 0 Å². The van der Waals surface area contributed by atoms with Crippen LogP contribution in [0.15, 0.2) is 58.5 Å². The number of H-pyrrole nitrogens is 1. The summed E-state index contributed by atoms with van der Waals surface area (Å²) >= 11 is 1.11. The van der Waals surface area contributed by atoms with Crippen molar-refractivity contribution in [3.63, 3.8) is 0 Å². The van der Waals surface area contributed by atoms with Crippen LogP contribution >= 0.6 is 11.8 Å². The van der Waals surface area contributed by atoms with Gasteiger partial charge in [-0.15, -0.1) is 0 Å². The fourth-order valence-corrected chi connectivity index (χ4v) is 4.24. The molecule has 142 valence electrons. The molecule has 1 atom stereocenters. The first kappa shape index (κ1) is 18.3. The Bertz CT molecular complexity index is 1260. The maximum Gasteiger partial charge on any atom is 0.317 e. The predicted molar refractivity (Wildman–Crippen MR) is 112 cm³/mol. The molecule has 28 heavy (non-hydrogen) atoms. The van der Waals surface area contributed by atoms with Gasteiger partial charge in [0, 0.05) is 10.9 Å². The number of aromatic amines is 1. The molecule has 0 amide bonds. The van der Waals surface area contributed by atoms with E-state index >= 15 is 0 Å². The Morgan fingerprint density at radius 3 is 2.64 bits per heavy atom. The van der Waals surface area contributed by atoms with Crippen LogP contribution < -0.4 is 5.56 Å². The zero-order chi connectivity index (χ0) is 19.8. The topological polar surface area (TPSA) is 88.0 Å². The maximum atomic E-state index is 13.4. The Morgan fingerprint density at radius 1 is 1.21 bits per heavy atom. The largest absolute Gasteiger partial charge is 0.480 e. The third-order valence-corrected chi connectivity index (χ3v) is 6.05. The van der Waals surface area contributed by atoms with Crippen molar-refractivity contribution in [3.8, 4) is 5.69 Å². The number of aryl methyl sites for hydroxylation is 1. The van der Waals surface area contributed by atoms with Gasteiger partial charge in [-0.3, -0.25) is 14.2 Å². The summed E-state index contributed by atoms with van der Waals surface area (Å²) in [6.45, 7) is 3.73. The van der Waals surface area contributed by atoms with Gasteiger partial charge in [0.1, 0.15) is 16.3 Å². The summed E-state index contributed by atoms with van der Waals surface area (Å²) < 4.78 is 1.52. The first-order valence-electron chi connectivity index (χ1n) is 9.00. The van der Waals surface area contributed by atoms with E-state index in [1.54, 1.807) is 0 Å². The summed E-state index contributed by atoms with van der Waals surface area (Å²) in [5.74, 6) is -0.919. The lowest BCUT2D eigenvalue weighted by Crippen LogP contribution is -2.24. The van der Waals surface area contributed by atoms with Crippen LogP contribution in [-0.4, -0.2) is 30.9 Å². The summed E-state index contributed by atoms with van der Waals surface area (Å²) in [6, 6.07) is 15.1. The molecule has 2 aromatic heterocycles. The summed E-state index contributed by atoms with van der Waals surface area (Å²) in [7, 11) is 0. The number of para-hydroxylation sites is 2. The van der Waals surface area contributed by atoms with Gasteiger partial charge in [-0.25, -0.2) is 4.98 Å². The van der Waals surface area contributed by atoms with Crippen molar-refractivity contribution in [2.24, 2.45) is 0 Å². The van der Waals surface area contributed by atoms with E-state index in [1.165, 1.54) is 4.57 Å². The molecule has 7 heteroatoms. The number of nitrogens with one attached hydrogen (secondary N) is 1. The number of aromatic nitrogens is 3. The lowest BCUT2D eigenvalue weighted by molar-refractivity contribution is -0.136. The van der Waals surface area contributed by atoms with E-state index in [-0.39, 0.29) is 5.56 Å². The summed E-state index contributed by atoms with van der Waals surface area (Å²) in [5.41, 5.74) is 3.17. The molecule has 0 saturated heterocycles. The lowest BCUT2D eigenvalue weighted by Gasteiger charge is -2.16. The average Bonchev–Trinajstić information content (AvgIpc) is 3.06. The molecule has 2 heterocycles. The predicted octanol–water partition coefficient (Wildman–Crippen LogP) is 4.13. The Morgan fingerprint density at radius 2 is 1.93 bits per heavy atom. The van der Waals surface area contributed by atoms with Gasteiger partial charge in [-0.1, -0.05) is 55.1 Å². The standard InChI is InChI=1S/C21H19N3O3S/c1-3-16(20(26)27)28-21-23-17-13-9-5-6-10-14(13)22-18(17)19(25)24(21)15-11-7-4-8-12(15)2/h4-11,16,22H,3H2,1-2H3,(H,26,27)/t16-/m0/s1. The number of benzene rings is 2. The highest BCUT2D eigenvalue weighted by Gasteiger charge is 2.23. The minimum absolute atomic E-state index is 0.238. The number of aliphatic carboxylic acids is 1. The third-order valence-electron chi connectivity index (χ3n) is 4.74. The van der Waals surface area contributed by atoms with Gasteiger partial charge in [-0.05, 0) is 31.0 Å². The number of hydrogen-bond acceptors (Lipinski definition) is 4. The van der Waals surface area contributed by atoms with Crippen LogP contribution in [0.25, 0.3) is 27.6 Å². The monoisotopic (exact) mass is 393 g/mol. The second kappa shape index (κ2) is 7.16. The maximum absolute atomic E-state index is 13.4. The SMILES string of the molecule is CC[C@H](Sc1nc2c([nH]c3ccccc32)c(=O)n1-c1ccccc1C)C(=O)O. The van der Waals surface area contributed by atoms with Crippen LogP contribution in [0.5, 0.6) is 0 Å². The molecule has 6 nitrogen and oxygen atoms in total. The number of nitrogens with zero attached hydrogens (tertiary/aromatic N) is 2. The van der Waals surface area contributed by atoms with E-state index in [0.717, 1.165) is 28.2 Å². The molecule has 0 aliphatic carbocycles. The molecule has 0 saturated carbocycles. The van der Waals surface area contributed by atoms with E-state index in [4.69, 9.17) is 4.98 Å². The van der Waals surface area contributed by atoms with Crippen LogP contribution in [-0.2, 0) is 4.79 Å². The smallest absolute Gasteiger partial charge is 0.317 e. The van der Waals surface area contributed by atoms with Crippen molar-refractivity contribution in [1.29, 1.82) is 0 Å². The van der Waals surface area contributed by atoms with Crippen molar-refractivity contribution in [1.82, 2.24) is 14.5 Å². The van der Waals surface area contributed by atoms with Crippen molar-refractivity contribution in [3.05, 3.63) is 64.4 Å². The first-order valence-corrected chi connectivity index (χ1v) is 9.88. The van der Waals surface area contributed by atoms with Crippen LogP contribution in [0.3, 0.4) is 0 Å². The molecular formula is C21H19N3O3S. The number of carbonyl (C=O) groups is 1. The van der Waals surface area contributed by atoms with Crippen molar-refractivity contribution in [2.75, 3.05) is 0 Å². The highest BCUT2D eigenvalue weighted by Crippen LogP contribution is 2.30. The molecule has 4 rings (SSSR count). The van der Waals surface area contributed by atoms with Crippen molar-refractivity contribution < 1.29 is 9.90 Å². The Balaban J connectivity index is 2.07. The number of rotatable bonds is 5. The van der Waals surface area contributed by atoms with Gasteiger partial charge >= 0.3 is 5.97 Å². The van der Waals surface area contributed by atoms with Crippen LogP contribution in [0.2, 0.25) is 0 Å². The van der Waals surface area contributed by atoms with Crippen molar-refractivity contribution in [2.45, 2.75) is 30.7 Å². The molecule has 2 N–H and O–H groups in total. The van der Waals surface area contributed by atoms with E-state index < -0.39 is 11.2 Å². The molecule has 0 bridgehead atoms. The second-order valence-corrected chi connectivity index (χ2v) is 7.74. The number of carboxylic acids is 1. The number of carboxylic acid groups (broad SMARTS) is 1. The third kappa shape index (κ3) is 2.97. The van der Waals surface area contributed by atoms with E-state index in [2.05, 4.69) is 4.98 Å². The molecule has 0 unspecified atom stereocenters. The van der Waals surface area contributed by atoms with Gasteiger partial charge < -0.3 is 10.1 Å². The highest BCUT2D eigenvalue weighted by atomic mass is 32.2. The van der Waals surface area contributed by atoms with Gasteiger partial charge in [0.05, 0.1) is 5.69 Å². The molecular weight excluding hydrogens is 374 g/mol. The van der Waals surface area contributed by atoms with Crippen LogP contribution in [0, 0.1) is 6.92 Å². The van der Waals surface area contributed by atoms with Crippen LogP contribution in [0.4, 0.5) is 0 Å². The number of hydrogen-bond donors (Lipinski definition) is 2. The minimum Gasteiger partial charge on any atom is -0.480 e. The summed E-state index contributed by atoms with van der Waals surface area (Å²) in [6.07, 6.45) is 0.426. The summed E-state index contributed by atoms with van der Waals surface area (Å²) in [4.78, 5) is 33.0. The molecule has 0 spiro atoms. The summed E-state index contributed by atoms with van der Waals surface area (Å²) in [5, 5.41) is 10.1. The molecule has 4 aromatic rings. The van der Waals surface area contributed by atoms with Gasteiger partial charge in [-0.2, -0.15) is 0 Å². The highest BCUT2D eigenvalue weighted by molar-refractivity contribution is 8.00. The fraction of sp³-hybridized carbons (Fsp3) is 0.190. The fourth-order valence-electron chi connectivity index (χ4n) is 3.28. The molecule has 0 fully saturated rings. The first-order chi connectivity index (χ1) is 13.5. The van der Waals surface area contributed by atoms with E-state index in [1.807, 2.05) is 62.4 Å². The van der Waals surface area contributed by atoms with Gasteiger partial charge in [0.25, 0.3) is 5.56 Å². The number of thioether (sulfide) groups is 1. The minimum atomic E-state index is -0.919. The Labute approximate surface area is 165 Å². The zero-order valence-electron chi connectivity index (χ0n) is 15.5. The van der Waals surface area contributed by atoms with E-state index in [9.17, 15) is 14.7 Å². The molecule has 0 radical (unpaired) electrons. The Kier molecular flexibility index (Phi) is 4.68. The molecule has 0 aliphatic heterocycles. The molecule has 2 aromatic carbocycles. The quantitative estimate of drug-likeness (QED) is 0.393. The van der Waals surface area contributed by atoms with Crippen LogP contribution in [0.1, 0.15) is 18.9 Å². The van der Waals surface area contributed by atoms with Crippen molar-refractivity contribution >= 4 is 39.7 Å². The van der Waals surface area contributed by atoms with Gasteiger partial charge in [0.15, 0.2) is 5.16 Å². The number of fused-ring (bicyclic) bond motifs is 3. The lowest BCUT2D eigenvalue weighted by atomic mass is 10.2. The van der Waals surface area contributed by atoms with E-state index in [0.29, 0.717) is 28.3 Å². The second-order valence-electron chi connectivity index (χ2n) is 6.57.